The Hall–Kier alpha value is -0.940. The summed E-state index contributed by atoms with van der Waals surface area (Å²) < 4.78 is 5.41. The molecule has 1 aromatic heterocycles. The van der Waals surface area contributed by atoms with Gasteiger partial charge < -0.3 is 9.84 Å². The molecular weight excluding hydrogens is 264 g/mol. The molecule has 1 fully saturated rings. The first kappa shape index (κ1) is 16.4. The van der Waals surface area contributed by atoms with E-state index in [2.05, 4.69) is 41.1 Å². The Kier molecular flexibility index (Phi) is 6.64. The maximum atomic E-state index is 5.41. The molecule has 120 valence electrons. The van der Waals surface area contributed by atoms with E-state index in [0.717, 1.165) is 56.7 Å². The smallest absolute Gasteiger partial charge is 0.240 e. The fourth-order valence-corrected chi connectivity index (χ4v) is 2.99. The Morgan fingerprint density at radius 1 is 1.43 bits per heavy atom. The van der Waals surface area contributed by atoms with Crippen molar-refractivity contribution in [2.45, 2.75) is 53.0 Å². The summed E-state index contributed by atoms with van der Waals surface area (Å²) in [5, 5.41) is 7.59. The maximum absolute atomic E-state index is 5.41. The summed E-state index contributed by atoms with van der Waals surface area (Å²) in [7, 11) is 0. The van der Waals surface area contributed by atoms with E-state index in [1.807, 2.05) is 0 Å². The van der Waals surface area contributed by atoms with Gasteiger partial charge in [-0.2, -0.15) is 4.98 Å². The molecule has 0 amide bonds. The van der Waals surface area contributed by atoms with Gasteiger partial charge in [0.15, 0.2) is 5.82 Å². The largest absolute Gasteiger partial charge is 0.338 e. The standard InChI is InChI=1S/C16H30N4O/c1-4-8-20(11-14-6-5-7-17-10-14)12-16-18-15(19-21-16)9-13(2)3/h13-14,17H,4-12H2,1-3H3. The number of rotatable bonds is 8. The highest BCUT2D eigenvalue weighted by Crippen LogP contribution is 2.14. The molecule has 0 bridgehead atoms. The molecule has 1 aromatic rings. The molecule has 1 N–H and O–H groups in total. The van der Waals surface area contributed by atoms with Gasteiger partial charge in [-0.05, 0) is 50.7 Å². The minimum absolute atomic E-state index is 0.565. The van der Waals surface area contributed by atoms with Crippen molar-refractivity contribution in [3.63, 3.8) is 0 Å². The fourth-order valence-electron chi connectivity index (χ4n) is 2.99. The molecule has 2 heterocycles. The van der Waals surface area contributed by atoms with Crippen molar-refractivity contribution in [1.82, 2.24) is 20.4 Å². The molecule has 0 saturated carbocycles. The van der Waals surface area contributed by atoms with Crippen LogP contribution in [0.3, 0.4) is 0 Å². The molecule has 1 aliphatic heterocycles. The monoisotopic (exact) mass is 294 g/mol. The average molecular weight is 294 g/mol. The lowest BCUT2D eigenvalue weighted by molar-refractivity contribution is 0.180. The topological polar surface area (TPSA) is 54.2 Å². The Morgan fingerprint density at radius 2 is 2.29 bits per heavy atom. The van der Waals surface area contributed by atoms with Crippen LogP contribution in [0.4, 0.5) is 0 Å². The second-order valence-electron chi connectivity index (χ2n) is 6.65. The van der Waals surface area contributed by atoms with Gasteiger partial charge in [-0.3, -0.25) is 4.90 Å². The van der Waals surface area contributed by atoms with Crippen molar-refractivity contribution in [2.24, 2.45) is 11.8 Å². The molecular formula is C16H30N4O. The zero-order valence-corrected chi connectivity index (χ0v) is 13.8. The lowest BCUT2D eigenvalue weighted by atomic mass is 9.99. The Labute approximate surface area is 128 Å². The van der Waals surface area contributed by atoms with Crippen LogP contribution >= 0.6 is 0 Å². The molecule has 1 atom stereocenters. The summed E-state index contributed by atoms with van der Waals surface area (Å²) in [5.74, 6) is 2.93. The molecule has 2 rings (SSSR count). The Bertz CT molecular complexity index is 399. The first-order valence-corrected chi connectivity index (χ1v) is 8.42. The predicted molar refractivity (Wildman–Crippen MR) is 84.0 cm³/mol. The van der Waals surface area contributed by atoms with Gasteiger partial charge in [-0.25, -0.2) is 0 Å². The van der Waals surface area contributed by atoms with E-state index in [1.165, 1.54) is 19.4 Å². The lowest BCUT2D eigenvalue weighted by Crippen LogP contribution is -2.38. The second kappa shape index (κ2) is 8.49. The number of hydrogen-bond donors (Lipinski definition) is 1. The third kappa shape index (κ3) is 5.75. The van der Waals surface area contributed by atoms with Crippen LogP contribution in [0.5, 0.6) is 0 Å². The van der Waals surface area contributed by atoms with Crippen LogP contribution in [0.15, 0.2) is 4.52 Å². The van der Waals surface area contributed by atoms with Gasteiger partial charge in [0.1, 0.15) is 0 Å². The zero-order chi connectivity index (χ0) is 15.1. The molecule has 21 heavy (non-hydrogen) atoms. The Morgan fingerprint density at radius 3 is 2.95 bits per heavy atom. The molecule has 0 aliphatic carbocycles. The molecule has 1 unspecified atom stereocenters. The average Bonchev–Trinajstić information content (AvgIpc) is 2.86. The SMILES string of the molecule is CCCN(Cc1nc(CC(C)C)no1)CC1CCCNC1. The number of nitrogens with one attached hydrogen (secondary N) is 1. The summed E-state index contributed by atoms with van der Waals surface area (Å²) in [6.07, 6.45) is 4.68. The highest BCUT2D eigenvalue weighted by atomic mass is 16.5. The van der Waals surface area contributed by atoms with Crippen molar-refractivity contribution in [3.05, 3.63) is 11.7 Å². The van der Waals surface area contributed by atoms with Crippen LogP contribution in [0.25, 0.3) is 0 Å². The third-order valence-electron chi connectivity index (χ3n) is 3.92. The van der Waals surface area contributed by atoms with Gasteiger partial charge in [0.2, 0.25) is 5.89 Å². The predicted octanol–water partition coefficient (Wildman–Crippen LogP) is 2.48. The fraction of sp³-hybridized carbons (Fsp3) is 0.875. The van der Waals surface area contributed by atoms with Crippen molar-refractivity contribution >= 4 is 0 Å². The summed E-state index contributed by atoms with van der Waals surface area (Å²) in [6.45, 7) is 11.9. The zero-order valence-electron chi connectivity index (χ0n) is 13.8. The lowest BCUT2D eigenvalue weighted by Gasteiger charge is -2.29. The summed E-state index contributed by atoms with van der Waals surface area (Å²) >= 11 is 0. The third-order valence-corrected chi connectivity index (χ3v) is 3.92. The van der Waals surface area contributed by atoms with Crippen molar-refractivity contribution in [1.29, 1.82) is 0 Å². The van der Waals surface area contributed by atoms with Gasteiger partial charge in [-0.1, -0.05) is 25.9 Å². The first-order chi connectivity index (χ1) is 10.2. The van der Waals surface area contributed by atoms with Crippen LogP contribution < -0.4 is 5.32 Å². The molecule has 1 aliphatic rings. The van der Waals surface area contributed by atoms with Crippen LogP contribution in [0, 0.1) is 11.8 Å². The molecule has 0 aromatic carbocycles. The second-order valence-corrected chi connectivity index (χ2v) is 6.65. The van der Waals surface area contributed by atoms with Crippen molar-refractivity contribution in [2.75, 3.05) is 26.2 Å². The van der Waals surface area contributed by atoms with Crippen molar-refractivity contribution < 1.29 is 4.52 Å². The van der Waals surface area contributed by atoms with Crippen LogP contribution in [-0.4, -0.2) is 41.2 Å². The summed E-state index contributed by atoms with van der Waals surface area (Å²) in [6, 6.07) is 0. The van der Waals surface area contributed by atoms with E-state index < -0.39 is 0 Å². The van der Waals surface area contributed by atoms with Crippen molar-refractivity contribution in [3.8, 4) is 0 Å². The molecule has 1 saturated heterocycles. The number of aromatic nitrogens is 2. The van der Waals surface area contributed by atoms with Crippen LogP contribution in [-0.2, 0) is 13.0 Å². The highest BCUT2D eigenvalue weighted by molar-refractivity contribution is 4.88. The van der Waals surface area contributed by atoms with Gasteiger partial charge in [-0.15, -0.1) is 0 Å². The minimum Gasteiger partial charge on any atom is -0.338 e. The molecule has 5 nitrogen and oxygen atoms in total. The van der Waals surface area contributed by atoms with E-state index in [0.29, 0.717) is 5.92 Å². The van der Waals surface area contributed by atoms with Crippen LogP contribution in [0.1, 0.15) is 51.7 Å². The van der Waals surface area contributed by atoms with Gasteiger partial charge in [0, 0.05) is 13.0 Å². The number of hydrogen-bond acceptors (Lipinski definition) is 5. The minimum atomic E-state index is 0.565. The molecule has 0 spiro atoms. The van der Waals surface area contributed by atoms with E-state index >= 15 is 0 Å². The summed E-state index contributed by atoms with van der Waals surface area (Å²) in [4.78, 5) is 6.99. The van der Waals surface area contributed by atoms with Gasteiger partial charge >= 0.3 is 0 Å². The van der Waals surface area contributed by atoms with Gasteiger partial charge in [0.25, 0.3) is 0 Å². The van der Waals surface area contributed by atoms with E-state index in [4.69, 9.17) is 4.52 Å². The van der Waals surface area contributed by atoms with E-state index in [9.17, 15) is 0 Å². The maximum Gasteiger partial charge on any atom is 0.240 e. The Balaban J connectivity index is 1.87. The quantitative estimate of drug-likeness (QED) is 0.798. The van der Waals surface area contributed by atoms with E-state index in [-0.39, 0.29) is 0 Å². The normalized spacial score (nSPS) is 19.6. The number of nitrogens with zero attached hydrogens (tertiary/aromatic N) is 3. The first-order valence-electron chi connectivity index (χ1n) is 8.42. The van der Waals surface area contributed by atoms with Gasteiger partial charge in [0.05, 0.1) is 6.54 Å². The summed E-state index contributed by atoms with van der Waals surface area (Å²) in [5.41, 5.74) is 0. The molecule has 5 heteroatoms. The van der Waals surface area contributed by atoms with Crippen LogP contribution in [0.2, 0.25) is 0 Å². The highest BCUT2D eigenvalue weighted by Gasteiger charge is 2.18. The number of piperidine rings is 1. The molecule has 0 radical (unpaired) electrons. The van der Waals surface area contributed by atoms with E-state index in [1.54, 1.807) is 0 Å².